The number of aliphatic carboxylic acids is 1. The number of amides is 9. The summed E-state index contributed by atoms with van der Waals surface area (Å²) in [5.41, 5.74) is 14.3. The van der Waals surface area contributed by atoms with E-state index in [-0.39, 0.29) is 79.7 Å². The fourth-order valence-electron chi connectivity index (χ4n) is 12.7. The van der Waals surface area contributed by atoms with Crippen molar-refractivity contribution in [1.82, 2.24) is 62.1 Å². The zero-order valence-corrected chi connectivity index (χ0v) is 58.8. The Bertz CT molecular complexity index is 4210. The van der Waals surface area contributed by atoms with E-state index in [1.54, 1.807) is 31.2 Å². The largest absolute Gasteiger partial charge is 0.497 e. The number of hydrogen-bond acceptors (Lipinski definition) is 16. The molecule has 31 heteroatoms. The molecule has 0 saturated carbocycles. The average molecular weight is 1460 g/mol. The van der Waals surface area contributed by atoms with Crippen LogP contribution in [0.25, 0.3) is 21.8 Å². The van der Waals surface area contributed by atoms with Gasteiger partial charge in [0.05, 0.1) is 19.9 Å². The van der Waals surface area contributed by atoms with E-state index in [0.717, 1.165) is 11.1 Å². The topological polar surface area (TPSA) is 417 Å². The van der Waals surface area contributed by atoms with Crippen LogP contribution in [0.15, 0.2) is 110 Å². The van der Waals surface area contributed by atoms with Gasteiger partial charge in [-0.3, -0.25) is 52.7 Å². The van der Waals surface area contributed by atoms with Crippen molar-refractivity contribution in [2.24, 2.45) is 17.4 Å². The standard InChI is InChI=1S/C72H86F2N14O13S2/c1-40-64(93)82-56(27-45-33-78-54-17-13-47(73)29-52(45)54)66(95)83-57(28-46-34-79-55-18-14-48(74)30-53(46)55)67(96)85-59(32-62(90)91)69(98)84-58(31-49-35-77-39-80-49)68(97)86-60(25-41-11-15-51(101-3)16-12-41)70(99)88-22-7-20-72(88,2)71(100)87-61(63(76)92)38-103-37-43-9-6-8-42(24-43)36-102-23-19-50(89)26-44(65(94)81-40)10-4-5-21-75/h6,8-9,11-18,24,29-30,33-35,39-40,44,56-61,78-79H,4-5,7,10,19-23,25-28,31-32,36-38,75H2,1-3H3,(H2,76,92)(H,77,80)(H,81,94)(H,82,93)(H,83,95)(H,84,98)(H,85,96)(H,86,97)(H,87,100)(H,90,91)/t40-,44-,56+,57+,58+,59+,60+,61+,72+/m1/s1. The average Bonchev–Trinajstić information content (AvgIpc) is 1.69. The summed E-state index contributed by atoms with van der Waals surface area (Å²) in [7, 11) is 1.47. The van der Waals surface area contributed by atoms with Gasteiger partial charge >= 0.3 is 5.97 Å². The highest BCUT2D eigenvalue weighted by Crippen LogP contribution is 2.32. The molecule has 2 aliphatic rings. The van der Waals surface area contributed by atoms with Gasteiger partial charge in [0, 0.05) is 120 Å². The molecule has 0 unspecified atom stereocenters. The summed E-state index contributed by atoms with van der Waals surface area (Å²) in [5.74, 6) is -10.3. The van der Waals surface area contributed by atoms with Gasteiger partial charge in [-0.1, -0.05) is 42.8 Å². The number of ether oxygens (including phenoxy) is 1. The van der Waals surface area contributed by atoms with Crippen LogP contribution < -0.4 is 53.4 Å². The van der Waals surface area contributed by atoms with Gasteiger partial charge in [-0.15, -0.1) is 0 Å². The van der Waals surface area contributed by atoms with Crippen molar-refractivity contribution >= 4 is 110 Å². The minimum absolute atomic E-state index is 0.0383. The number of aromatic nitrogens is 4. The summed E-state index contributed by atoms with van der Waals surface area (Å²) in [5, 5.41) is 29.6. The number of halogens is 2. The highest BCUT2D eigenvalue weighted by molar-refractivity contribution is 7.98. The number of nitrogens with zero attached hydrogens (tertiary/aromatic N) is 2. The molecule has 27 nitrogen and oxygen atoms in total. The van der Waals surface area contributed by atoms with Crippen LogP contribution in [0.3, 0.4) is 0 Å². The van der Waals surface area contributed by atoms with Crippen molar-refractivity contribution in [3.05, 3.63) is 155 Å². The van der Waals surface area contributed by atoms with E-state index in [4.69, 9.17) is 16.2 Å². The van der Waals surface area contributed by atoms with Gasteiger partial charge in [-0.2, -0.15) is 23.5 Å². The third kappa shape index (κ3) is 21.0. The number of H-pyrrole nitrogens is 3. The van der Waals surface area contributed by atoms with Crippen molar-refractivity contribution in [2.45, 2.75) is 150 Å². The molecule has 548 valence electrons. The lowest BCUT2D eigenvalue weighted by Gasteiger charge is -2.37. The number of carboxylic acid groups (broad SMARTS) is 1. The van der Waals surface area contributed by atoms with Gasteiger partial charge in [-0.05, 0) is 122 Å². The van der Waals surface area contributed by atoms with Crippen LogP contribution in [-0.2, 0) is 89.9 Å². The summed E-state index contributed by atoms with van der Waals surface area (Å²) < 4.78 is 35.3. The second-order valence-corrected chi connectivity index (χ2v) is 28.2. The fourth-order valence-corrected chi connectivity index (χ4v) is 14.6. The first-order chi connectivity index (χ1) is 49.4. The number of methoxy groups -OCH3 is 1. The lowest BCUT2D eigenvalue weighted by molar-refractivity contribution is -0.147. The molecule has 3 aromatic heterocycles. The van der Waals surface area contributed by atoms with E-state index in [2.05, 4.69) is 57.2 Å². The number of benzene rings is 4. The molecule has 1 fully saturated rings. The predicted molar refractivity (Wildman–Crippen MR) is 382 cm³/mol. The van der Waals surface area contributed by atoms with E-state index in [1.165, 1.54) is 104 Å². The Morgan fingerprint density at radius 2 is 1.26 bits per heavy atom. The Morgan fingerprint density at radius 3 is 1.84 bits per heavy atom. The molecule has 2 aliphatic heterocycles. The normalized spacial score (nSPS) is 23.3. The third-order valence-electron chi connectivity index (χ3n) is 18.4. The number of imidazole rings is 1. The van der Waals surface area contributed by atoms with E-state index in [0.29, 0.717) is 76.4 Å². The van der Waals surface area contributed by atoms with Crippen LogP contribution in [0.2, 0.25) is 0 Å². The quantitative estimate of drug-likeness (QED) is 0.0609. The van der Waals surface area contributed by atoms with E-state index >= 15 is 23.6 Å². The maximum atomic E-state index is 15.3. The predicted octanol–water partition coefficient (Wildman–Crippen LogP) is 3.96. The maximum Gasteiger partial charge on any atom is 0.305 e. The Morgan fingerprint density at radius 1 is 0.680 bits per heavy atom. The Hall–Kier alpha value is -10.1. The number of hydrogen-bond donors (Lipinski definition) is 13. The zero-order chi connectivity index (χ0) is 73.9. The molecule has 9 atom stereocenters. The van der Waals surface area contributed by atoms with Gasteiger partial charge in [0.2, 0.25) is 53.2 Å². The van der Waals surface area contributed by atoms with E-state index in [1.807, 2.05) is 24.3 Å². The van der Waals surface area contributed by atoms with Crippen LogP contribution in [0, 0.1) is 17.6 Å². The van der Waals surface area contributed by atoms with Gasteiger partial charge < -0.3 is 78.4 Å². The van der Waals surface area contributed by atoms with Crippen molar-refractivity contribution in [3.63, 3.8) is 0 Å². The Labute approximate surface area is 600 Å². The number of carbonyl (C=O) groups is 11. The number of thioether (sulfide) groups is 2. The highest BCUT2D eigenvalue weighted by atomic mass is 32.2. The summed E-state index contributed by atoms with van der Waals surface area (Å²) in [4.78, 5) is 173. The molecule has 0 aliphatic carbocycles. The second kappa shape index (κ2) is 36.1. The number of carbonyl (C=O) groups excluding carboxylic acids is 10. The number of unbranched alkanes of at least 4 members (excludes halogenated alkanes) is 1. The van der Waals surface area contributed by atoms with Crippen molar-refractivity contribution in [3.8, 4) is 5.75 Å². The first-order valence-electron chi connectivity index (χ1n) is 33.9. The van der Waals surface area contributed by atoms with Crippen molar-refractivity contribution in [2.75, 3.05) is 31.7 Å². The SMILES string of the molecule is COc1ccc(C[C@@H]2NC(=O)[C@H](Cc3cnc[nH]3)NC(=O)[C@H](CC(=O)O)NC(=O)[C@H](Cc3c[nH]c4ccc(F)cc34)NC(=O)[C@H](Cc3c[nH]c4ccc(F)cc34)NC(=O)[C@@H](C)NC(=O)[C@H](CCCCN)CC(=O)CCSCc3cccc(c3)CSC[C@@H](C(N)=O)NC(=O)[C@]3(C)CCCN3C2=O)cc1. The van der Waals surface area contributed by atoms with Crippen molar-refractivity contribution in [1.29, 1.82) is 0 Å². The maximum absolute atomic E-state index is 15.3. The van der Waals surface area contributed by atoms with E-state index in [9.17, 15) is 43.1 Å². The number of carboxylic acids is 1. The Balaban J connectivity index is 1.07. The molecule has 0 spiro atoms. The number of aromatic amines is 3. The summed E-state index contributed by atoms with van der Waals surface area (Å²) in [6.45, 7) is 3.27. The minimum atomic E-state index is -2.04. The lowest BCUT2D eigenvalue weighted by atomic mass is 9.94. The smallest absolute Gasteiger partial charge is 0.305 e. The van der Waals surface area contributed by atoms with Crippen LogP contribution in [0.5, 0.6) is 5.75 Å². The molecular formula is C72H86F2N14O13S2. The van der Waals surface area contributed by atoms with Crippen LogP contribution >= 0.6 is 23.5 Å². The van der Waals surface area contributed by atoms with E-state index < -0.39 is 137 Å². The molecular weight excluding hydrogens is 1370 g/mol. The zero-order valence-electron chi connectivity index (χ0n) is 57.2. The number of primary amides is 1. The monoisotopic (exact) mass is 1460 g/mol. The summed E-state index contributed by atoms with van der Waals surface area (Å²) in [6, 6.07) is 10.9. The van der Waals surface area contributed by atoms with Crippen LogP contribution in [0.4, 0.5) is 8.78 Å². The first kappa shape index (κ1) is 77.0. The molecule has 5 heterocycles. The molecule has 15 N–H and O–H groups in total. The molecule has 0 radical (unpaired) electrons. The van der Waals surface area contributed by atoms with Crippen LogP contribution in [0.1, 0.15) is 98.7 Å². The number of fused-ring (bicyclic) bond motifs is 5. The molecule has 4 aromatic carbocycles. The third-order valence-corrected chi connectivity index (χ3v) is 20.5. The number of nitrogens with two attached hydrogens (primary N) is 2. The molecule has 2 bridgehead atoms. The molecule has 7 aromatic rings. The fraction of sp³-hybridized carbons (Fsp3) is 0.417. The van der Waals surface area contributed by atoms with Gasteiger partial charge in [0.15, 0.2) is 0 Å². The molecule has 103 heavy (non-hydrogen) atoms. The van der Waals surface area contributed by atoms with Gasteiger partial charge in [0.25, 0.3) is 0 Å². The highest BCUT2D eigenvalue weighted by Gasteiger charge is 2.49. The summed E-state index contributed by atoms with van der Waals surface area (Å²) >= 11 is 2.85. The lowest BCUT2D eigenvalue weighted by Crippen LogP contribution is -2.63. The first-order valence-corrected chi connectivity index (χ1v) is 36.2. The molecule has 9 rings (SSSR count). The minimum Gasteiger partial charge on any atom is -0.497 e. The molecule has 1 saturated heterocycles. The second-order valence-electron chi connectivity index (χ2n) is 26.0. The number of ketones is 1. The van der Waals surface area contributed by atoms with Crippen LogP contribution in [-0.4, -0.2) is 174 Å². The number of Topliss-reactive ketones (excluding diaryl/α,β-unsaturated/α-hetero) is 1. The number of rotatable bonds is 16. The number of nitrogens with one attached hydrogen (secondary N) is 10. The van der Waals surface area contributed by atoms with Crippen molar-refractivity contribution < 1.29 is 71.4 Å². The van der Waals surface area contributed by atoms with Gasteiger partial charge in [-0.25, -0.2) is 13.8 Å². The van der Waals surface area contributed by atoms with Gasteiger partial charge in [0.1, 0.15) is 71.0 Å². The molecule has 9 amide bonds. The summed E-state index contributed by atoms with van der Waals surface area (Å²) in [6.07, 6.45) is 4.81. The Kier molecular flexibility index (Phi) is 27.0.